The number of piperidine rings is 1. The lowest BCUT2D eigenvalue weighted by Gasteiger charge is -2.32. The second-order valence-electron chi connectivity index (χ2n) is 12.8. The molecular weight excluding hydrogens is 685 g/mol. The Morgan fingerprint density at radius 1 is 0.860 bits per heavy atom. The number of halogens is 9. The molecule has 1 aromatic carbocycles. The van der Waals surface area contributed by atoms with Crippen molar-refractivity contribution in [2.75, 3.05) is 40.9 Å². The maximum atomic E-state index is 14.5. The molecular formula is C32H36F9N7O2. The summed E-state index contributed by atoms with van der Waals surface area (Å²) in [4.78, 5) is 24.7. The van der Waals surface area contributed by atoms with Gasteiger partial charge in [-0.25, -0.2) is 9.97 Å². The Labute approximate surface area is 281 Å². The standard InChI is InChI=1S/C32H36F9N7O2/c1-3-8-47(16-19-4-5-19)27-25(26(32(39,40)41)44-45(27)2)18-48(17-20-11-22(30(33,34)35)13-23(12-20)31(36,37)38)29-42-14-24(15-43-29)46-9-6-21(7-10-46)28(49)50/h11-15,19,21H,3-10,16-18H2,1-2H3,(H,49,50). The molecule has 2 fully saturated rings. The van der Waals surface area contributed by atoms with Gasteiger partial charge in [-0.3, -0.25) is 9.48 Å². The smallest absolute Gasteiger partial charge is 0.435 e. The Morgan fingerprint density at radius 2 is 1.44 bits per heavy atom. The summed E-state index contributed by atoms with van der Waals surface area (Å²) in [7, 11) is 1.36. The average molecular weight is 722 g/mol. The molecule has 1 saturated carbocycles. The molecule has 0 atom stereocenters. The largest absolute Gasteiger partial charge is 0.481 e. The lowest BCUT2D eigenvalue weighted by atomic mass is 9.97. The summed E-state index contributed by atoms with van der Waals surface area (Å²) in [6.07, 6.45) is -9.47. The van der Waals surface area contributed by atoms with Crippen LogP contribution in [-0.4, -0.2) is 57.0 Å². The van der Waals surface area contributed by atoms with Gasteiger partial charge in [-0.05, 0) is 61.8 Å². The van der Waals surface area contributed by atoms with Crippen LogP contribution in [0.4, 0.5) is 57.0 Å². The van der Waals surface area contributed by atoms with Crippen molar-refractivity contribution < 1.29 is 49.4 Å². The second kappa shape index (κ2) is 14.2. The molecule has 0 unspecified atom stereocenters. The van der Waals surface area contributed by atoms with E-state index in [2.05, 4.69) is 15.1 Å². The van der Waals surface area contributed by atoms with Gasteiger partial charge in [-0.2, -0.15) is 44.6 Å². The van der Waals surface area contributed by atoms with Gasteiger partial charge in [0.05, 0.1) is 41.7 Å². The number of alkyl halides is 9. The lowest BCUT2D eigenvalue weighted by molar-refractivity contribution is -0.144. The van der Waals surface area contributed by atoms with E-state index in [1.54, 1.807) is 4.90 Å². The SMILES string of the molecule is CCCN(CC1CC1)c1c(CN(Cc2cc(C(F)(F)F)cc(C(F)(F)F)c2)c2ncc(N3CCC(C(=O)O)CC3)cn2)c(C(F)(F)F)nn1C. The number of rotatable bonds is 12. The monoisotopic (exact) mass is 721 g/mol. The van der Waals surface area contributed by atoms with Crippen LogP contribution >= 0.6 is 0 Å². The van der Waals surface area contributed by atoms with Crippen LogP contribution in [0.15, 0.2) is 30.6 Å². The summed E-state index contributed by atoms with van der Waals surface area (Å²) in [5, 5.41) is 13.1. The normalized spacial score (nSPS) is 16.2. The number of aromatic nitrogens is 4. The maximum Gasteiger partial charge on any atom is 0.435 e. The third kappa shape index (κ3) is 8.72. The van der Waals surface area contributed by atoms with E-state index in [0.717, 1.165) is 22.4 Å². The summed E-state index contributed by atoms with van der Waals surface area (Å²) in [5.41, 5.74) is -4.71. The van der Waals surface area contributed by atoms with E-state index in [1.165, 1.54) is 19.4 Å². The fourth-order valence-electron chi connectivity index (χ4n) is 6.24. The summed E-state index contributed by atoms with van der Waals surface area (Å²) in [6.45, 7) is 2.05. The third-order valence-corrected chi connectivity index (χ3v) is 8.84. The molecule has 0 amide bonds. The fourth-order valence-corrected chi connectivity index (χ4v) is 6.24. The van der Waals surface area contributed by atoms with Crippen molar-refractivity contribution in [3.8, 4) is 0 Å². The molecule has 5 rings (SSSR count). The van der Waals surface area contributed by atoms with Crippen molar-refractivity contribution in [1.29, 1.82) is 0 Å². The van der Waals surface area contributed by atoms with E-state index in [-0.39, 0.29) is 29.3 Å². The van der Waals surface area contributed by atoms with Gasteiger partial charge in [0, 0.05) is 45.3 Å². The van der Waals surface area contributed by atoms with Crippen LogP contribution in [0.5, 0.6) is 0 Å². The van der Waals surface area contributed by atoms with Crippen molar-refractivity contribution in [3.63, 3.8) is 0 Å². The zero-order chi connectivity index (χ0) is 36.6. The molecule has 3 aromatic rings. The highest BCUT2D eigenvalue weighted by Gasteiger charge is 2.42. The number of benzene rings is 1. The van der Waals surface area contributed by atoms with Crippen LogP contribution in [0, 0.1) is 11.8 Å². The van der Waals surface area contributed by atoms with E-state index in [9.17, 15) is 49.4 Å². The number of nitrogens with zero attached hydrogens (tertiary/aromatic N) is 7. The Morgan fingerprint density at radius 3 is 1.92 bits per heavy atom. The maximum absolute atomic E-state index is 14.5. The molecule has 1 N–H and O–H groups in total. The van der Waals surface area contributed by atoms with Gasteiger partial charge in [-0.15, -0.1) is 0 Å². The number of hydrogen-bond acceptors (Lipinski definition) is 7. The molecule has 0 bridgehead atoms. The molecule has 1 aliphatic heterocycles. The lowest BCUT2D eigenvalue weighted by Crippen LogP contribution is -2.36. The van der Waals surface area contributed by atoms with E-state index >= 15 is 0 Å². The van der Waals surface area contributed by atoms with Gasteiger partial charge in [0.15, 0.2) is 5.69 Å². The van der Waals surface area contributed by atoms with E-state index in [4.69, 9.17) is 0 Å². The Kier molecular flexibility index (Phi) is 10.5. The van der Waals surface area contributed by atoms with Gasteiger partial charge in [0.1, 0.15) is 5.82 Å². The highest BCUT2D eigenvalue weighted by molar-refractivity contribution is 5.70. The third-order valence-electron chi connectivity index (χ3n) is 8.84. The molecule has 274 valence electrons. The Bertz CT molecular complexity index is 1610. The first-order valence-electron chi connectivity index (χ1n) is 16.1. The van der Waals surface area contributed by atoms with Crippen LogP contribution in [0.1, 0.15) is 67.0 Å². The number of carbonyl (C=O) groups is 1. The number of aliphatic carboxylic acids is 1. The van der Waals surface area contributed by atoms with Crippen molar-refractivity contribution in [2.45, 2.75) is 70.6 Å². The van der Waals surface area contributed by atoms with Crippen molar-refractivity contribution in [3.05, 3.63) is 58.5 Å². The second-order valence-corrected chi connectivity index (χ2v) is 12.8. The summed E-state index contributed by atoms with van der Waals surface area (Å²) in [6, 6.07) is 1.02. The van der Waals surface area contributed by atoms with Crippen LogP contribution in [0.25, 0.3) is 0 Å². The summed E-state index contributed by atoms with van der Waals surface area (Å²) >= 11 is 0. The van der Waals surface area contributed by atoms with Crippen molar-refractivity contribution in [1.82, 2.24) is 19.7 Å². The molecule has 1 saturated heterocycles. The van der Waals surface area contributed by atoms with E-state index in [0.29, 0.717) is 63.3 Å². The summed E-state index contributed by atoms with van der Waals surface area (Å²) < 4.78 is 127. The number of carboxylic acid groups (broad SMARTS) is 1. The van der Waals surface area contributed by atoms with Gasteiger partial charge in [-0.1, -0.05) is 6.92 Å². The first kappa shape index (κ1) is 37.0. The minimum atomic E-state index is -5.14. The van der Waals surface area contributed by atoms with Crippen molar-refractivity contribution in [2.24, 2.45) is 18.9 Å². The van der Waals surface area contributed by atoms with E-state index in [1.807, 2.05) is 11.8 Å². The molecule has 18 heteroatoms. The highest BCUT2D eigenvalue weighted by atomic mass is 19.4. The molecule has 1 aliphatic carbocycles. The molecule has 2 aromatic heterocycles. The van der Waals surface area contributed by atoms with Gasteiger partial charge >= 0.3 is 24.5 Å². The fraction of sp³-hybridized carbons (Fsp3) is 0.562. The first-order chi connectivity index (χ1) is 23.3. The number of carboxylic acids is 1. The zero-order valence-corrected chi connectivity index (χ0v) is 27.2. The molecule has 0 spiro atoms. The summed E-state index contributed by atoms with van der Waals surface area (Å²) in [5.74, 6) is -1.30. The topological polar surface area (TPSA) is 90.6 Å². The molecule has 3 heterocycles. The van der Waals surface area contributed by atoms with E-state index < -0.39 is 65.9 Å². The number of aryl methyl sites for hydroxylation is 1. The average Bonchev–Trinajstić information content (AvgIpc) is 3.79. The first-order valence-corrected chi connectivity index (χ1v) is 16.1. The van der Waals surface area contributed by atoms with Crippen molar-refractivity contribution >= 4 is 23.4 Å². The minimum Gasteiger partial charge on any atom is -0.481 e. The predicted molar refractivity (Wildman–Crippen MR) is 164 cm³/mol. The Hall–Kier alpha value is -4.25. The van der Waals surface area contributed by atoms with Gasteiger partial charge in [0.25, 0.3) is 0 Å². The zero-order valence-electron chi connectivity index (χ0n) is 27.2. The van der Waals surface area contributed by atoms with Gasteiger partial charge in [0.2, 0.25) is 5.95 Å². The molecule has 2 aliphatic rings. The quantitative estimate of drug-likeness (QED) is 0.194. The Balaban J connectivity index is 1.58. The van der Waals surface area contributed by atoms with Crippen LogP contribution in [0.3, 0.4) is 0 Å². The molecule has 9 nitrogen and oxygen atoms in total. The van der Waals surface area contributed by atoms with Crippen LogP contribution in [0.2, 0.25) is 0 Å². The number of hydrogen-bond donors (Lipinski definition) is 1. The van der Waals surface area contributed by atoms with Crippen LogP contribution in [-0.2, 0) is 43.5 Å². The van der Waals surface area contributed by atoms with Crippen LogP contribution < -0.4 is 14.7 Å². The predicted octanol–water partition coefficient (Wildman–Crippen LogP) is 7.40. The highest BCUT2D eigenvalue weighted by Crippen LogP contribution is 2.41. The minimum absolute atomic E-state index is 0.0197. The number of anilines is 3. The molecule has 0 radical (unpaired) electrons. The molecule has 50 heavy (non-hydrogen) atoms. The van der Waals surface area contributed by atoms with Gasteiger partial charge < -0.3 is 19.8 Å².